The van der Waals surface area contributed by atoms with Crippen LogP contribution in [-0.4, -0.2) is 18.5 Å². The molecule has 0 radical (unpaired) electrons. The van der Waals surface area contributed by atoms with Crippen molar-refractivity contribution in [3.05, 3.63) is 34.3 Å². The molecule has 0 fully saturated rings. The largest absolute Gasteiger partial charge is 0.461 e. The number of carbonyl (C=O) groups is 1. The van der Waals surface area contributed by atoms with Gasteiger partial charge in [-0.15, -0.1) is 11.6 Å². The lowest BCUT2D eigenvalue weighted by Gasteiger charge is -2.01. The fraction of sp³-hybridized carbons (Fsp3) is 0.222. The number of benzene rings is 1. The number of alkyl halides is 1. The van der Waals surface area contributed by atoms with Crippen LogP contribution >= 0.6 is 27.5 Å². The number of ether oxygens (including phenoxy) is 1. The van der Waals surface area contributed by atoms with Gasteiger partial charge in [0.2, 0.25) is 0 Å². The first-order chi connectivity index (χ1) is 6.24. The van der Waals surface area contributed by atoms with E-state index in [2.05, 4.69) is 15.9 Å². The molecule has 0 N–H and O–H groups in total. The molecule has 1 rings (SSSR count). The number of hydrogen-bond acceptors (Lipinski definition) is 2. The maximum Gasteiger partial charge on any atom is 0.338 e. The molecule has 1 aromatic rings. The van der Waals surface area contributed by atoms with Crippen molar-refractivity contribution in [2.24, 2.45) is 0 Å². The number of rotatable bonds is 3. The minimum Gasteiger partial charge on any atom is -0.461 e. The summed E-state index contributed by atoms with van der Waals surface area (Å²) < 4.78 is 5.76. The molecule has 0 amide bonds. The molecule has 0 atom stereocenters. The van der Waals surface area contributed by atoms with Crippen LogP contribution in [0, 0.1) is 0 Å². The Morgan fingerprint density at radius 2 is 2.00 bits per heavy atom. The van der Waals surface area contributed by atoms with Crippen molar-refractivity contribution < 1.29 is 9.53 Å². The van der Waals surface area contributed by atoms with Gasteiger partial charge in [-0.25, -0.2) is 4.79 Å². The molecule has 0 saturated carbocycles. The molecular formula is C9H8BrClO2. The van der Waals surface area contributed by atoms with Crippen molar-refractivity contribution in [2.45, 2.75) is 0 Å². The molecular weight excluding hydrogens is 255 g/mol. The summed E-state index contributed by atoms with van der Waals surface area (Å²) in [4.78, 5) is 11.2. The van der Waals surface area contributed by atoms with E-state index in [1.54, 1.807) is 24.3 Å². The summed E-state index contributed by atoms with van der Waals surface area (Å²) in [5.41, 5.74) is 0.535. The number of hydrogen-bond donors (Lipinski definition) is 0. The Balaban J connectivity index is 2.61. The molecule has 70 valence electrons. The number of esters is 1. The predicted molar refractivity (Wildman–Crippen MR) is 55.1 cm³/mol. The number of halogens is 2. The van der Waals surface area contributed by atoms with E-state index in [0.717, 1.165) is 4.47 Å². The van der Waals surface area contributed by atoms with Crippen LogP contribution in [0.4, 0.5) is 0 Å². The van der Waals surface area contributed by atoms with Crippen molar-refractivity contribution in [3.8, 4) is 0 Å². The van der Waals surface area contributed by atoms with Gasteiger partial charge >= 0.3 is 5.97 Å². The standard InChI is InChI=1S/C9H8BrClO2/c10-8-3-1-7(2-4-8)9(12)13-6-5-11/h1-4H,5-6H2. The summed E-state index contributed by atoms with van der Waals surface area (Å²) in [6.07, 6.45) is 0. The Morgan fingerprint density at radius 3 is 2.54 bits per heavy atom. The average Bonchev–Trinajstić information content (AvgIpc) is 2.15. The fourth-order valence-corrected chi connectivity index (χ4v) is 1.14. The first-order valence-electron chi connectivity index (χ1n) is 3.72. The maximum atomic E-state index is 11.2. The van der Waals surface area contributed by atoms with E-state index >= 15 is 0 Å². The van der Waals surface area contributed by atoms with E-state index in [9.17, 15) is 4.79 Å². The van der Waals surface area contributed by atoms with Gasteiger partial charge in [0.15, 0.2) is 0 Å². The smallest absolute Gasteiger partial charge is 0.338 e. The minimum absolute atomic E-state index is 0.246. The van der Waals surface area contributed by atoms with Gasteiger partial charge in [-0.2, -0.15) is 0 Å². The Morgan fingerprint density at radius 1 is 1.38 bits per heavy atom. The fourth-order valence-electron chi connectivity index (χ4n) is 0.801. The molecule has 13 heavy (non-hydrogen) atoms. The van der Waals surface area contributed by atoms with Crippen LogP contribution in [0.25, 0.3) is 0 Å². The lowest BCUT2D eigenvalue weighted by atomic mass is 10.2. The molecule has 0 spiro atoms. The van der Waals surface area contributed by atoms with E-state index in [-0.39, 0.29) is 12.6 Å². The summed E-state index contributed by atoms with van der Waals surface area (Å²) in [6, 6.07) is 6.97. The van der Waals surface area contributed by atoms with Crippen LogP contribution in [0.2, 0.25) is 0 Å². The summed E-state index contributed by atoms with van der Waals surface area (Å²) in [5, 5.41) is 0. The molecule has 0 unspecified atom stereocenters. The highest BCUT2D eigenvalue weighted by Crippen LogP contribution is 2.11. The van der Waals surface area contributed by atoms with Gasteiger partial charge in [-0.05, 0) is 24.3 Å². The van der Waals surface area contributed by atoms with Crippen LogP contribution in [0.15, 0.2) is 28.7 Å². The van der Waals surface area contributed by atoms with E-state index < -0.39 is 0 Å². The van der Waals surface area contributed by atoms with Crippen LogP contribution in [0.3, 0.4) is 0 Å². The maximum absolute atomic E-state index is 11.2. The molecule has 0 aromatic heterocycles. The minimum atomic E-state index is -0.340. The average molecular weight is 264 g/mol. The molecule has 0 aliphatic carbocycles. The van der Waals surface area contributed by atoms with Gasteiger partial charge in [0.25, 0.3) is 0 Å². The molecule has 0 saturated heterocycles. The highest BCUT2D eigenvalue weighted by molar-refractivity contribution is 9.10. The van der Waals surface area contributed by atoms with E-state index in [1.807, 2.05) is 0 Å². The molecule has 0 heterocycles. The summed E-state index contributed by atoms with van der Waals surface area (Å²) in [6.45, 7) is 0.246. The Kier molecular flexibility index (Phi) is 4.25. The normalized spacial score (nSPS) is 9.69. The van der Waals surface area contributed by atoms with Gasteiger partial charge in [-0.3, -0.25) is 0 Å². The second-order valence-corrected chi connectivity index (χ2v) is 3.63. The molecule has 0 bridgehead atoms. The first kappa shape index (κ1) is 10.5. The van der Waals surface area contributed by atoms with Gasteiger partial charge < -0.3 is 4.74 Å². The van der Waals surface area contributed by atoms with Gasteiger partial charge in [0, 0.05) is 4.47 Å². The molecule has 1 aromatic carbocycles. The monoisotopic (exact) mass is 262 g/mol. The highest BCUT2D eigenvalue weighted by Gasteiger charge is 2.05. The third-order valence-corrected chi connectivity index (χ3v) is 2.07. The molecule has 0 aliphatic rings. The summed E-state index contributed by atoms with van der Waals surface area (Å²) in [7, 11) is 0. The molecule has 4 heteroatoms. The van der Waals surface area contributed by atoms with Gasteiger partial charge in [0.05, 0.1) is 11.4 Å². The van der Waals surface area contributed by atoms with Gasteiger partial charge in [0.1, 0.15) is 6.61 Å². The predicted octanol–water partition coefficient (Wildman–Crippen LogP) is 2.84. The van der Waals surface area contributed by atoms with Gasteiger partial charge in [-0.1, -0.05) is 15.9 Å². The molecule has 2 nitrogen and oxygen atoms in total. The quantitative estimate of drug-likeness (QED) is 0.619. The van der Waals surface area contributed by atoms with Crippen molar-refractivity contribution in [3.63, 3.8) is 0 Å². The lowest BCUT2D eigenvalue weighted by molar-refractivity contribution is 0.0529. The zero-order chi connectivity index (χ0) is 9.68. The number of carbonyl (C=O) groups excluding carboxylic acids is 1. The second kappa shape index (κ2) is 5.25. The van der Waals surface area contributed by atoms with E-state index in [1.165, 1.54) is 0 Å². The van der Waals surface area contributed by atoms with Crippen LogP contribution in [0.5, 0.6) is 0 Å². The third kappa shape index (κ3) is 3.36. The Hall–Kier alpha value is -0.540. The SMILES string of the molecule is O=C(OCCCl)c1ccc(Br)cc1. The van der Waals surface area contributed by atoms with Crippen molar-refractivity contribution in [1.82, 2.24) is 0 Å². The second-order valence-electron chi connectivity index (χ2n) is 2.33. The summed E-state index contributed by atoms with van der Waals surface area (Å²) in [5.74, 6) is -0.0180. The molecule has 0 aliphatic heterocycles. The van der Waals surface area contributed by atoms with Crippen molar-refractivity contribution in [2.75, 3.05) is 12.5 Å². The zero-order valence-electron chi connectivity index (χ0n) is 6.80. The van der Waals surface area contributed by atoms with E-state index in [0.29, 0.717) is 11.4 Å². The Labute approximate surface area is 90.0 Å². The van der Waals surface area contributed by atoms with Crippen LogP contribution < -0.4 is 0 Å². The van der Waals surface area contributed by atoms with Crippen molar-refractivity contribution >= 4 is 33.5 Å². The third-order valence-electron chi connectivity index (χ3n) is 1.39. The van der Waals surface area contributed by atoms with Crippen LogP contribution in [-0.2, 0) is 4.74 Å². The zero-order valence-corrected chi connectivity index (χ0v) is 9.14. The summed E-state index contributed by atoms with van der Waals surface area (Å²) >= 11 is 8.65. The Bertz CT molecular complexity index is 284. The highest BCUT2D eigenvalue weighted by atomic mass is 79.9. The topological polar surface area (TPSA) is 26.3 Å². The van der Waals surface area contributed by atoms with Crippen molar-refractivity contribution in [1.29, 1.82) is 0 Å². The lowest BCUT2D eigenvalue weighted by Crippen LogP contribution is -2.06. The van der Waals surface area contributed by atoms with E-state index in [4.69, 9.17) is 16.3 Å². The first-order valence-corrected chi connectivity index (χ1v) is 5.05. The van der Waals surface area contributed by atoms with Crippen LogP contribution in [0.1, 0.15) is 10.4 Å².